The maximum absolute atomic E-state index is 13.9. The minimum atomic E-state index is -0.685. The summed E-state index contributed by atoms with van der Waals surface area (Å²) in [6.07, 6.45) is 3.68. The Morgan fingerprint density at radius 2 is 1.85 bits per heavy atom. The largest absolute Gasteiger partial charge is 0.366 e. The van der Waals surface area contributed by atoms with Gasteiger partial charge in [-0.05, 0) is 69.0 Å². The molecule has 11 heteroatoms. The van der Waals surface area contributed by atoms with Gasteiger partial charge in [-0.25, -0.2) is 4.99 Å². The van der Waals surface area contributed by atoms with Gasteiger partial charge in [-0.1, -0.05) is 41.1 Å². The van der Waals surface area contributed by atoms with Gasteiger partial charge in [-0.2, -0.15) is 0 Å². The minimum Gasteiger partial charge on any atom is -0.366 e. The van der Waals surface area contributed by atoms with Crippen molar-refractivity contribution < 1.29 is 9.72 Å². The molecule has 1 amide bonds. The lowest BCUT2D eigenvalue weighted by Gasteiger charge is -2.29. The van der Waals surface area contributed by atoms with E-state index in [4.69, 9.17) is 11.6 Å². The number of aromatic nitrogens is 1. The van der Waals surface area contributed by atoms with E-state index < -0.39 is 6.04 Å². The summed E-state index contributed by atoms with van der Waals surface area (Å²) in [5, 5.41) is 12.5. The summed E-state index contributed by atoms with van der Waals surface area (Å²) in [4.78, 5) is 48.0. The van der Waals surface area contributed by atoms with Crippen LogP contribution in [-0.2, 0) is 4.79 Å². The molecule has 1 fully saturated rings. The van der Waals surface area contributed by atoms with Crippen LogP contribution in [0.1, 0.15) is 50.8 Å². The molecular formula is C29H30ClN5O4S. The van der Waals surface area contributed by atoms with Crippen LogP contribution in [0.5, 0.6) is 0 Å². The predicted molar refractivity (Wildman–Crippen MR) is 158 cm³/mol. The number of thiazole rings is 1. The van der Waals surface area contributed by atoms with E-state index in [2.05, 4.69) is 4.99 Å². The number of carbonyl (C=O) groups is 1. The Kier molecular flexibility index (Phi) is 7.91. The first-order valence-corrected chi connectivity index (χ1v) is 14.5. The van der Waals surface area contributed by atoms with Crippen LogP contribution in [0.25, 0.3) is 6.08 Å². The van der Waals surface area contributed by atoms with Crippen LogP contribution in [0.15, 0.2) is 63.5 Å². The number of benzene rings is 2. The smallest absolute Gasteiger partial charge is 0.293 e. The number of nitrogens with zero attached hydrogens (tertiary/aromatic N) is 5. The number of hydrogen-bond donors (Lipinski definition) is 0. The highest BCUT2D eigenvalue weighted by molar-refractivity contribution is 7.07. The Bertz CT molecular complexity index is 1680. The fraction of sp³-hybridized carbons (Fsp3) is 0.345. The summed E-state index contributed by atoms with van der Waals surface area (Å²) in [7, 11) is 0. The number of carbonyl (C=O) groups excluding carboxylic acids is 1. The van der Waals surface area contributed by atoms with Gasteiger partial charge in [0.15, 0.2) is 4.80 Å². The lowest BCUT2D eigenvalue weighted by atomic mass is 9.94. The third-order valence-corrected chi connectivity index (χ3v) is 8.66. The number of fused-ring (bicyclic) bond motifs is 1. The molecule has 3 heterocycles. The van der Waals surface area contributed by atoms with Gasteiger partial charge >= 0.3 is 0 Å². The van der Waals surface area contributed by atoms with Crippen molar-refractivity contribution in [2.75, 3.05) is 31.1 Å². The average molecular weight is 580 g/mol. The van der Waals surface area contributed by atoms with E-state index in [1.54, 1.807) is 46.7 Å². The molecule has 1 atom stereocenters. The summed E-state index contributed by atoms with van der Waals surface area (Å²) < 4.78 is 1.93. The van der Waals surface area contributed by atoms with Crippen molar-refractivity contribution in [2.24, 2.45) is 4.99 Å². The zero-order valence-electron chi connectivity index (χ0n) is 22.6. The van der Waals surface area contributed by atoms with Crippen molar-refractivity contribution in [3.05, 3.63) is 99.7 Å². The third-order valence-electron chi connectivity index (χ3n) is 7.43. The summed E-state index contributed by atoms with van der Waals surface area (Å²) >= 11 is 7.36. The van der Waals surface area contributed by atoms with E-state index in [0.29, 0.717) is 50.0 Å². The number of halogens is 1. The fourth-order valence-electron chi connectivity index (χ4n) is 5.39. The van der Waals surface area contributed by atoms with Crippen molar-refractivity contribution in [2.45, 2.75) is 39.7 Å². The molecule has 1 saturated heterocycles. The molecule has 0 bridgehead atoms. The topological polar surface area (TPSA) is 101 Å². The molecule has 5 rings (SSSR count). The normalized spacial score (nSPS) is 17.1. The molecule has 208 valence electrons. The second-order valence-electron chi connectivity index (χ2n) is 9.81. The summed E-state index contributed by atoms with van der Waals surface area (Å²) in [6, 6.07) is 11.5. The Morgan fingerprint density at radius 1 is 1.18 bits per heavy atom. The molecule has 0 unspecified atom stereocenters. The number of amides is 1. The molecule has 2 aliphatic rings. The SMILES string of the molecule is CCN(CC)C(=O)C1=C(C)N=c2s/c(=C\c3ccc(N4CCCC4)c([N+](=O)[O-])c3)c(=O)n2[C@H]1c1ccc(Cl)cc1. The first kappa shape index (κ1) is 27.8. The molecule has 0 aliphatic carbocycles. The van der Waals surface area contributed by atoms with Crippen LogP contribution in [0.4, 0.5) is 11.4 Å². The Hall–Kier alpha value is -3.76. The molecule has 9 nitrogen and oxygen atoms in total. The fourth-order valence-corrected chi connectivity index (χ4v) is 6.56. The van der Waals surface area contributed by atoms with Crippen molar-refractivity contribution in [1.29, 1.82) is 0 Å². The number of nitro groups is 1. The predicted octanol–water partition coefficient (Wildman–Crippen LogP) is 4.27. The van der Waals surface area contributed by atoms with Crippen LogP contribution in [-0.4, -0.2) is 46.5 Å². The van der Waals surface area contributed by atoms with Crippen molar-refractivity contribution >= 4 is 46.3 Å². The van der Waals surface area contributed by atoms with Crippen molar-refractivity contribution in [3.63, 3.8) is 0 Å². The molecule has 3 aromatic rings. The standard InChI is InChI=1S/C29H30ClN5O4S/c1-4-32(5-2)28(37)25-18(3)31-29-34(26(25)20-9-11-21(30)12-10-20)27(36)24(40-29)17-19-8-13-22(23(16-19)35(38)39)33-14-6-7-15-33/h8-13,16-17,26H,4-7,14-15H2,1-3H3/b24-17-/t26-/m0/s1. The first-order valence-electron chi connectivity index (χ1n) is 13.3. The molecule has 40 heavy (non-hydrogen) atoms. The lowest BCUT2D eigenvalue weighted by molar-refractivity contribution is -0.384. The third kappa shape index (κ3) is 5.09. The highest BCUT2D eigenvalue weighted by atomic mass is 35.5. The minimum absolute atomic E-state index is 0.0189. The highest BCUT2D eigenvalue weighted by Crippen LogP contribution is 2.33. The Morgan fingerprint density at radius 3 is 2.48 bits per heavy atom. The summed E-state index contributed by atoms with van der Waals surface area (Å²) in [5.74, 6) is -0.173. The van der Waals surface area contributed by atoms with E-state index in [0.717, 1.165) is 31.5 Å². The summed E-state index contributed by atoms with van der Waals surface area (Å²) in [5.41, 5.74) is 2.59. The second kappa shape index (κ2) is 11.4. The van der Waals surface area contributed by atoms with E-state index in [1.807, 2.05) is 30.9 Å². The zero-order valence-corrected chi connectivity index (χ0v) is 24.2. The molecule has 2 aliphatic heterocycles. The molecule has 1 aromatic heterocycles. The van der Waals surface area contributed by atoms with Gasteiger partial charge in [0.25, 0.3) is 17.2 Å². The molecular weight excluding hydrogens is 550 g/mol. The first-order chi connectivity index (χ1) is 19.2. The monoisotopic (exact) mass is 579 g/mol. The van der Waals surface area contributed by atoms with Crippen LogP contribution >= 0.6 is 22.9 Å². The number of allylic oxidation sites excluding steroid dienone is 1. The highest BCUT2D eigenvalue weighted by Gasteiger charge is 2.34. The van der Waals surface area contributed by atoms with Gasteiger partial charge in [0.2, 0.25) is 0 Å². The van der Waals surface area contributed by atoms with Gasteiger partial charge in [0.05, 0.1) is 26.8 Å². The molecule has 0 saturated carbocycles. The number of nitro benzene ring substituents is 1. The van der Waals surface area contributed by atoms with Crippen LogP contribution < -0.4 is 19.8 Å². The van der Waals surface area contributed by atoms with Gasteiger partial charge < -0.3 is 9.80 Å². The molecule has 2 aromatic carbocycles. The Balaban J connectivity index is 1.66. The number of hydrogen-bond acceptors (Lipinski definition) is 7. The van der Waals surface area contributed by atoms with Crippen molar-refractivity contribution in [1.82, 2.24) is 9.47 Å². The van der Waals surface area contributed by atoms with Crippen LogP contribution in [0.3, 0.4) is 0 Å². The quantitative estimate of drug-likeness (QED) is 0.307. The van der Waals surface area contributed by atoms with Crippen molar-refractivity contribution in [3.8, 4) is 0 Å². The maximum atomic E-state index is 13.9. The van der Waals surface area contributed by atoms with Gasteiger partial charge in [0.1, 0.15) is 5.69 Å². The molecule has 0 radical (unpaired) electrons. The van der Waals surface area contributed by atoms with Crippen LogP contribution in [0.2, 0.25) is 5.02 Å². The lowest BCUT2D eigenvalue weighted by Crippen LogP contribution is -2.43. The Labute approximate surface area is 240 Å². The summed E-state index contributed by atoms with van der Waals surface area (Å²) in [6.45, 7) is 8.24. The van der Waals surface area contributed by atoms with Gasteiger partial charge in [-0.15, -0.1) is 0 Å². The molecule has 0 N–H and O–H groups in total. The maximum Gasteiger partial charge on any atom is 0.293 e. The van der Waals surface area contributed by atoms with Crippen LogP contribution in [0, 0.1) is 10.1 Å². The number of rotatable bonds is 7. The van der Waals surface area contributed by atoms with E-state index in [9.17, 15) is 19.7 Å². The van der Waals surface area contributed by atoms with E-state index in [1.165, 1.54) is 17.4 Å². The number of likely N-dealkylation sites (N-methyl/N-ethyl adjacent to an activating group) is 1. The van der Waals surface area contributed by atoms with Gasteiger partial charge in [0, 0.05) is 37.3 Å². The zero-order chi connectivity index (χ0) is 28.6. The molecule has 0 spiro atoms. The number of anilines is 1. The second-order valence-corrected chi connectivity index (χ2v) is 11.3. The van der Waals surface area contributed by atoms with Gasteiger partial charge in [-0.3, -0.25) is 24.3 Å². The van der Waals surface area contributed by atoms with E-state index >= 15 is 0 Å². The average Bonchev–Trinajstić information content (AvgIpc) is 3.57. The van der Waals surface area contributed by atoms with E-state index in [-0.39, 0.29) is 22.1 Å².